The molecule has 1 heterocycles. The first-order valence-electron chi connectivity index (χ1n) is 9.60. The molecule has 9 heteroatoms. The Kier molecular flexibility index (Phi) is 7.02. The maximum Gasteiger partial charge on any atom is 0.282 e. The molecule has 0 bridgehead atoms. The molecule has 30 heavy (non-hydrogen) atoms. The molecule has 1 amide bonds. The summed E-state index contributed by atoms with van der Waals surface area (Å²) in [5.41, 5.74) is 1.69. The van der Waals surface area contributed by atoms with Gasteiger partial charge in [0.1, 0.15) is 5.56 Å². The van der Waals surface area contributed by atoms with Gasteiger partial charge in [0.25, 0.3) is 11.6 Å². The minimum atomic E-state index is -0.562. The van der Waals surface area contributed by atoms with Crippen molar-refractivity contribution < 1.29 is 9.72 Å². The zero-order valence-electron chi connectivity index (χ0n) is 17.1. The van der Waals surface area contributed by atoms with Crippen molar-refractivity contribution in [3.8, 4) is 0 Å². The molecule has 0 spiro atoms. The molecular formula is C21H23ClN4O3S. The van der Waals surface area contributed by atoms with E-state index in [9.17, 15) is 14.9 Å². The highest BCUT2D eigenvalue weighted by Gasteiger charge is 2.28. The Morgan fingerprint density at radius 1 is 1.20 bits per heavy atom. The molecule has 0 fully saturated rings. The van der Waals surface area contributed by atoms with E-state index >= 15 is 0 Å². The molecule has 2 aromatic carbocycles. The summed E-state index contributed by atoms with van der Waals surface area (Å²) in [4.78, 5) is 32.5. The average molecular weight is 447 g/mol. The van der Waals surface area contributed by atoms with E-state index in [4.69, 9.17) is 11.6 Å². The van der Waals surface area contributed by atoms with E-state index in [1.807, 2.05) is 31.1 Å². The smallest absolute Gasteiger partial charge is 0.282 e. The summed E-state index contributed by atoms with van der Waals surface area (Å²) in [6, 6.07) is 10.1. The van der Waals surface area contributed by atoms with E-state index in [1.54, 1.807) is 0 Å². The second kappa shape index (κ2) is 9.51. The molecule has 0 radical (unpaired) electrons. The second-order valence-electron chi connectivity index (χ2n) is 7.18. The molecule has 0 N–H and O–H groups in total. The van der Waals surface area contributed by atoms with Crippen LogP contribution >= 0.6 is 22.9 Å². The maximum atomic E-state index is 13.4. The lowest BCUT2D eigenvalue weighted by molar-refractivity contribution is -0.385. The van der Waals surface area contributed by atoms with E-state index in [-0.39, 0.29) is 16.3 Å². The number of aryl methyl sites for hydroxylation is 1. The number of thiazole rings is 1. The number of benzene rings is 2. The van der Waals surface area contributed by atoms with Crippen LogP contribution in [0.25, 0.3) is 10.2 Å². The molecule has 0 aliphatic heterocycles. The van der Waals surface area contributed by atoms with Gasteiger partial charge in [0.05, 0.1) is 15.1 Å². The number of nitro groups is 1. The highest BCUT2D eigenvalue weighted by Crippen LogP contribution is 2.32. The van der Waals surface area contributed by atoms with Gasteiger partial charge >= 0.3 is 0 Å². The largest absolute Gasteiger partial charge is 0.309 e. The summed E-state index contributed by atoms with van der Waals surface area (Å²) in [5.74, 6) is -0.474. The first-order chi connectivity index (χ1) is 14.3. The zero-order chi connectivity index (χ0) is 21.8. The second-order valence-corrected chi connectivity index (χ2v) is 8.63. The van der Waals surface area contributed by atoms with Crippen molar-refractivity contribution in [3.05, 3.63) is 62.7 Å². The maximum absolute atomic E-state index is 13.4. The molecular weight excluding hydrogens is 424 g/mol. The van der Waals surface area contributed by atoms with Crippen molar-refractivity contribution in [1.82, 2.24) is 9.88 Å². The van der Waals surface area contributed by atoms with Gasteiger partial charge in [-0.15, -0.1) is 0 Å². The van der Waals surface area contributed by atoms with Gasteiger partial charge in [-0.05, 0) is 63.3 Å². The van der Waals surface area contributed by atoms with Crippen LogP contribution < -0.4 is 4.90 Å². The number of halogens is 1. The Morgan fingerprint density at radius 2 is 1.97 bits per heavy atom. The third kappa shape index (κ3) is 4.95. The minimum Gasteiger partial charge on any atom is -0.309 e. The highest BCUT2D eigenvalue weighted by atomic mass is 35.5. The molecule has 158 valence electrons. The van der Waals surface area contributed by atoms with Crippen LogP contribution in [-0.2, 0) is 6.42 Å². The van der Waals surface area contributed by atoms with Gasteiger partial charge in [-0.25, -0.2) is 4.98 Å². The van der Waals surface area contributed by atoms with Crippen molar-refractivity contribution in [2.75, 3.05) is 32.1 Å². The van der Waals surface area contributed by atoms with Gasteiger partial charge in [-0.3, -0.25) is 19.8 Å². The molecule has 3 rings (SSSR count). The number of amides is 1. The molecule has 7 nitrogen and oxygen atoms in total. The Morgan fingerprint density at radius 3 is 2.63 bits per heavy atom. The monoisotopic (exact) mass is 446 g/mol. The van der Waals surface area contributed by atoms with E-state index in [1.165, 1.54) is 40.0 Å². The molecule has 0 aliphatic carbocycles. The van der Waals surface area contributed by atoms with Gasteiger partial charge in [-0.2, -0.15) is 0 Å². The fraction of sp³-hybridized carbons (Fsp3) is 0.333. The number of aromatic nitrogens is 1. The molecule has 0 saturated carbocycles. The standard InChI is InChI=1S/C21H23ClN4O3S/c1-4-14-6-8-17-19(12-14)30-21(23-17)25(11-5-10-24(2)3)20(27)16-13-15(22)7-9-18(16)26(28)29/h6-9,12-13H,4-5,10-11H2,1-3H3. The summed E-state index contributed by atoms with van der Waals surface area (Å²) in [5, 5.41) is 12.3. The number of nitrogens with zero attached hydrogens (tertiary/aromatic N) is 4. The van der Waals surface area contributed by atoms with Crippen molar-refractivity contribution in [2.45, 2.75) is 19.8 Å². The summed E-state index contributed by atoms with van der Waals surface area (Å²) < 4.78 is 0.982. The van der Waals surface area contributed by atoms with Gasteiger partial charge in [-0.1, -0.05) is 35.9 Å². The van der Waals surface area contributed by atoms with Crippen LogP contribution in [0.4, 0.5) is 10.8 Å². The van der Waals surface area contributed by atoms with Gasteiger partial charge in [0.15, 0.2) is 5.13 Å². The van der Waals surface area contributed by atoms with Crippen LogP contribution in [0.1, 0.15) is 29.3 Å². The number of carbonyl (C=O) groups is 1. The number of nitro benzene ring substituents is 1. The summed E-state index contributed by atoms with van der Waals surface area (Å²) in [6.45, 7) is 3.24. The number of hydrogen-bond acceptors (Lipinski definition) is 6. The van der Waals surface area contributed by atoms with Gasteiger partial charge < -0.3 is 4.90 Å². The molecule has 0 unspecified atom stereocenters. The molecule has 1 aromatic heterocycles. The highest BCUT2D eigenvalue weighted by molar-refractivity contribution is 7.22. The normalized spacial score (nSPS) is 11.2. The lowest BCUT2D eigenvalue weighted by atomic mass is 10.1. The number of hydrogen-bond donors (Lipinski definition) is 0. The summed E-state index contributed by atoms with van der Waals surface area (Å²) in [6.07, 6.45) is 1.60. The van der Waals surface area contributed by atoms with Crippen molar-refractivity contribution in [1.29, 1.82) is 0 Å². The lowest BCUT2D eigenvalue weighted by Crippen LogP contribution is -2.33. The van der Waals surface area contributed by atoms with Crippen molar-refractivity contribution >= 4 is 49.9 Å². The quantitative estimate of drug-likeness (QED) is 0.358. The predicted octanol–water partition coefficient (Wildman–Crippen LogP) is 5.02. The number of fused-ring (bicyclic) bond motifs is 1. The van der Waals surface area contributed by atoms with E-state index in [0.29, 0.717) is 18.1 Å². The summed E-state index contributed by atoms with van der Waals surface area (Å²) >= 11 is 7.46. The van der Waals surface area contributed by atoms with Crippen LogP contribution in [0.5, 0.6) is 0 Å². The average Bonchev–Trinajstić information content (AvgIpc) is 3.12. The Bertz CT molecular complexity index is 1080. The Labute approximate surface area is 184 Å². The van der Waals surface area contributed by atoms with Crippen LogP contribution in [0, 0.1) is 10.1 Å². The van der Waals surface area contributed by atoms with Crippen molar-refractivity contribution in [2.24, 2.45) is 0 Å². The molecule has 3 aromatic rings. The van der Waals surface area contributed by atoms with Crippen LogP contribution in [0.2, 0.25) is 5.02 Å². The number of rotatable bonds is 8. The molecule has 0 aliphatic rings. The first kappa shape index (κ1) is 22.1. The first-order valence-corrected chi connectivity index (χ1v) is 10.8. The topological polar surface area (TPSA) is 79.6 Å². The lowest BCUT2D eigenvalue weighted by Gasteiger charge is -2.21. The fourth-order valence-corrected chi connectivity index (χ4v) is 4.33. The van der Waals surface area contributed by atoms with Gasteiger partial charge in [0.2, 0.25) is 0 Å². The molecule has 0 atom stereocenters. The zero-order valence-corrected chi connectivity index (χ0v) is 18.7. The van der Waals surface area contributed by atoms with Gasteiger partial charge in [0, 0.05) is 17.6 Å². The molecule has 0 saturated heterocycles. The Balaban J connectivity index is 2.04. The van der Waals surface area contributed by atoms with Crippen molar-refractivity contribution in [3.63, 3.8) is 0 Å². The SMILES string of the molecule is CCc1ccc2nc(N(CCCN(C)C)C(=O)c3cc(Cl)ccc3[N+](=O)[O-])sc2c1. The number of anilines is 1. The van der Waals surface area contributed by atoms with E-state index in [0.717, 1.165) is 23.2 Å². The van der Waals surface area contributed by atoms with Crippen LogP contribution in [-0.4, -0.2) is 47.9 Å². The number of carbonyl (C=O) groups excluding carboxylic acids is 1. The predicted molar refractivity (Wildman–Crippen MR) is 122 cm³/mol. The minimum absolute atomic E-state index is 0.0362. The fourth-order valence-electron chi connectivity index (χ4n) is 3.11. The Hall–Kier alpha value is -2.55. The van der Waals surface area contributed by atoms with E-state index < -0.39 is 10.8 Å². The summed E-state index contributed by atoms with van der Waals surface area (Å²) in [7, 11) is 3.91. The third-order valence-electron chi connectivity index (χ3n) is 4.70. The van der Waals surface area contributed by atoms with E-state index in [2.05, 4.69) is 18.0 Å². The van der Waals surface area contributed by atoms with Crippen LogP contribution in [0.3, 0.4) is 0 Å². The van der Waals surface area contributed by atoms with Crippen LogP contribution in [0.15, 0.2) is 36.4 Å². The third-order valence-corrected chi connectivity index (χ3v) is 5.97.